The number of hydrogen-bond acceptors (Lipinski definition) is 1. The van der Waals surface area contributed by atoms with Gasteiger partial charge in [0, 0.05) is 0 Å². The molecule has 0 amide bonds. The molecule has 68 valence electrons. The Balaban J connectivity index is 4.02. The molecule has 0 aliphatic heterocycles. The second kappa shape index (κ2) is 5.78. The van der Waals surface area contributed by atoms with Gasteiger partial charge in [0.15, 0.2) is 0 Å². The molecular formula is C11H18O. The van der Waals surface area contributed by atoms with Gasteiger partial charge in [-0.15, -0.1) is 0 Å². The molecule has 0 aliphatic carbocycles. The second-order valence-electron chi connectivity index (χ2n) is 3.02. The zero-order chi connectivity index (χ0) is 9.45. The lowest BCUT2D eigenvalue weighted by molar-refractivity contribution is 0.115. The Hall–Kier alpha value is -0.820. The third-order valence-electron chi connectivity index (χ3n) is 1.53. The molecular weight excluding hydrogens is 148 g/mol. The van der Waals surface area contributed by atoms with E-state index in [1.807, 2.05) is 44.2 Å². The van der Waals surface area contributed by atoms with Gasteiger partial charge in [-0.3, -0.25) is 0 Å². The minimum absolute atomic E-state index is 0.664. The van der Waals surface area contributed by atoms with E-state index < -0.39 is 5.60 Å². The van der Waals surface area contributed by atoms with E-state index in [0.29, 0.717) is 6.42 Å². The molecule has 1 nitrogen and oxygen atoms in total. The van der Waals surface area contributed by atoms with Crippen LogP contribution in [0.1, 0.15) is 27.2 Å². The Kier molecular flexibility index (Phi) is 5.39. The maximum atomic E-state index is 9.70. The second-order valence-corrected chi connectivity index (χ2v) is 3.02. The summed E-state index contributed by atoms with van der Waals surface area (Å²) < 4.78 is 0. The number of rotatable bonds is 4. The lowest BCUT2D eigenvalue weighted by Gasteiger charge is -2.15. The maximum absolute atomic E-state index is 9.70. The minimum atomic E-state index is -0.716. The first kappa shape index (κ1) is 11.2. The molecule has 1 heteroatoms. The van der Waals surface area contributed by atoms with Crippen LogP contribution in [0.4, 0.5) is 0 Å². The van der Waals surface area contributed by atoms with Crippen molar-refractivity contribution >= 4 is 0 Å². The quantitative estimate of drug-likeness (QED) is 0.503. The van der Waals surface area contributed by atoms with Gasteiger partial charge >= 0.3 is 0 Å². The Bertz CT molecular complexity index is 185. The van der Waals surface area contributed by atoms with Crippen LogP contribution < -0.4 is 0 Å². The Morgan fingerprint density at radius 3 is 2.33 bits per heavy atom. The van der Waals surface area contributed by atoms with Gasteiger partial charge in [0.05, 0.1) is 5.60 Å². The Morgan fingerprint density at radius 1 is 1.17 bits per heavy atom. The first-order valence-corrected chi connectivity index (χ1v) is 4.26. The van der Waals surface area contributed by atoms with E-state index in [-0.39, 0.29) is 0 Å². The molecule has 0 rings (SSSR count). The van der Waals surface area contributed by atoms with E-state index in [1.165, 1.54) is 0 Å². The van der Waals surface area contributed by atoms with Crippen molar-refractivity contribution in [3.63, 3.8) is 0 Å². The highest BCUT2D eigenvalue weighted by Crippen LogP contribution is 2.11. The highest BCUT2D eigenvalue weighted by molar-refractivity contribution is 5.09. The van der Waals surface area contributed by atoms with Gasteiger partial charge in [-0.05, 0) is 27.2 Å². The molecule has 0 heterocycles. The first-order valence-electron chi connectivity index (χ1n) is 4.26. The van der Waals surface area contributed by atoms with Gasteiger partial charge in [-0.25, -0.2) is 0 Å². The van der Waals surface area contributed by atoms with Crippen molar-refractivity contribution in [2.24, 2.45) is 0 Å². The molecule has 0 aromatic heterocycles. The number of aliphatic hydroxyl groups is 1. The fourth-order valence-corrected chi connectivity index (χ4v) is 0.798. The summed E-state index contributed by atoms with van der Waals surface area (Å²) in [5.41, 5.74) is -0.716. The number of hydrogen-bond donors (Lipinski definition) is 1. The third-order valence-corrected chi connectivity index (χ3v) is 1.53. The summed E-state index contributed by atoms with van der Waals surface area (Å²) in [6.45, 7) is 5.70. The molecule has 0 saturated heterocycles. The van der Waals surface area contributed by atoms with Gasteiger partial charge < -0.3 is 5.11 Å². The van der Waals surface area contributed by atoms with E-state index in [9.17, 15) is 5.11 Å². The molecule has 0 saturated carbocycles. The van der Waals surface area contributed by atoms with Crippen molar-refractivity contribution in [1.82, 2.24) is 0 Å². The monoisotopic (exact) mass is 166 g/mol. The molecule has 1 atom stereocenters. The predicted octanol–water partition coefficient (Wildman–Crippen LogP) is 2.84. The lowest BCUT2D eigenvalue weighted by Crippen LogP contribution is -2.18. The van der Waals surface area contributed by atoms with Crippen LogP contribution in [0.15, 0.2) is 36.5 Å². The highest BCUT2D eigenvalue weighted by atomic mass is 16.3. The normalized spacial score (nSPS) is 18.0. The van der Waals surface area contributed by atoms with E-state index in [2.05, 4.69) is 0 Å². The molecule has 0 fully saturated rings. The van der Waals surface area contributed by atoms with Crippen LogP contribution in [-0.4, -0.2) is 10.7 Å². The van der Waals surface area contributed by atoms with Crippen molar-refractivity contribution in [3.05, 3.63) is 36.5 Å². The zero-order valence-electron chi connectivity index (χ0n) is 8.12. The van der Waals surface area contributed by atoms with Crippen molar-refractivity contribution in [2.75, 3.05) is 0 Å². The zero-order valence-corrected chi connectivity index (χ0v) is 8.12. The van der Waals surface area contributed by atoms with E-state index in [4.69, 9.17) is 0 Å². The largest absolute Gasteiger partial charge is 0.386 e. The van der Waals surface area contributed by atoms with Crippen LogP contribution in [0, 0.1) is 0 Å². The van der Waals surface area contributed by atoms with Gasteiger partial charge in [-0.2, -0.15) is 0 Å². The van der Waals surface area contributed by atoms with Crippen molar-refractivity contribution < 1.29 is 5.11 Å². The Labute approximate surface area is 75.1 Å². The van der Waals surface area contributed by atoms with E-state index in [0.717, 1.165) is 0 Å². The average Bonchev–Trinajstić information content (AvgIpc) is 2.01. The maximum Gasteiger partial charge on any atom is 0.0836 e. The topological polar surface area (TPSA) is 20.2 Å². The Morgan fingerprint density at radius 2 is 1.83 bits per heavy atom. The van der Waals surface area contributed by atoms with E-state index in [1.54, 1.807) is 13.0 Å². The standard InChI is InChI=1S/C11H18O/c1-4-6-8-10-11(3,12)9-7-5-2/h4-8,10,12H,9H2,1-3H3. The number of allylic oxidation sites excluding steroid dienone is 4. The van der Waals surface area contributed by atoms with Crippen molar-refractivity contribution in [1.29, 1.82) is 0 Å². The summed E-state index contributed by atoms with van der Waals surface area (Å²) >= 11 is 0. The summed E-state index contributed by atoms with van der Waals surface area (Å²) in [7, 11) is 0. The lowest BCUT2D eigenvalue weighted by atomic mass is 10.0. The molecule has 1 N–H and O–H groups in total. The highest BCUT2D eigenvalue weighted by Gasteiger charge is 2.12. The van der Waals surface area contributed by atoms with Crippen LogP contribution in [0.5, 0.6) is 0 Å². The molecule has 0 aromatic rings. The fourth-order valence-electron chi connectivity index (χ4n) is 0.798. The fraction of sp³-hybridized carbons (Fsp3) is 0.455. The third kappa shape index (κ3) is 5.93. The molecule has 0 aliphatic rings. The summed E-state index contributed by atoms with van der Waals surface area (Å²) in [5, 5.41) is 9.70. The molecule has 0 aromatic carbocycles. The average molecular weight is 166 g/mol. The predicted molar refractivity (Wildman–Crippen MR) is 54.0 cm³/mol. The summed E-state index contributed by atoms with van der Waals surface area (Å²) in [4.78, 5) is 0. The van der Waals surface area contributed by atoms with Gasteiger partial charge in [0.2, 0.25) is 0 Å². The van der Waals surface area contributed by atoms with Crippen LogP contribution in [-0.2, 0) is 0 Å². The summed E-state index contributed by atoms with van der Waals surface area (Å²) in [6.07, 6.45) is 12.1. The summed E-state index contributed by atoms with van der Waals surface area (Å²) in [5.74, 6) is 0. The SMILES string of the molecule is CC=CC=CC(C)(O)CC=CC. The smallest absolute Gasteiger partial charge is 0.0836 e. The van der Waals surface area contributed by atoms with Crippen LogP contribution in [0.2, 0.25) is 0 Å². The van der Waals surface area contributed by atoms with Crippen molar-refractivity contribution in [3.8, 4) is 0 Å². The summed E-state index contributed by atoms with van der Waals surface area (Å²) in [6, 6.07) is 0. The molecule has 0 bridgehead atoms. The molecule has 0 spiro atoms. The van der Waals surface area contributed by atoms with Gasteiger partial charge in [0.1, 0.15) is 0 Å². The molecule has 1 unspecified atom stereocenters. The van der Waals surface area contributed by atoms with E-state index >= 15 is 0 Å². The van der Waals surface area contributed by atoms with Gasteiger partial charge in [0.25, 0.3) is 0 Å². The van der Waals surface area contributed by atoms with Crippen LogP contribution in [0.3, 0.4) is 0 Å². The first-order chi connectivity index (χ1) is 5.62. The molecule has 12 heavy (non-hydrogen) atoms. The minimum Gasteiger partial charge on any atom is -0.386 e. The van der Waals surface area contributed by atoms with Crippen LogP contribution >= 0.6 is 0 Å². The molecule has 0 radical (unpaired) electrons. The van der Waals surface area contributed by atoms with Crippen molar-refractivity contribution in [2.45, 2.75) is 32.8 Å². The van der Waals surface area contributed by atoms with Gasteiger partial charge in [-0.1, -0.05) is 36.5 Å². The van der Waals surface area contributed by atoms with Crippen LogP contribution in [0.25, 0.3) is 0 Å².